The summed E-state index contributed by atoms with van der Waals surface area (Å²) >= 11 is 0. The van der Waals surface area contributed by atoms with Crippen LogP contribution in [0.4, 0.5) is 0 Å². The number of hydrogen-bond acceptors (Lipinski definition) is 2. The molecule has 2 atom stereocenters. The second-order valence-electron chi connectivity index (χ2n) is 3.99. The summed E-state index contributed by atoms with van der Waals surface area (Å²) < 4.78 is 10.6. The lowest BCUT2D eigenvalue weighted by Crippen LogP contribution is -2.16. The predicted octanol–water partition coefficient (Wildman–Crippen LogP) is 1.98. The van der Waals surface area contributed by atoms with Gasteiger partial charge < -0.3 is 9.47 Å². The summed E-state index contributed by atoms with van der Waals surface area (Å²) in [5.74, 6) is 0.846. The van der Waals surface area contributed by atoms with Crippen LogP contribution in [0, 0.1) is 5.92 Å². The van der Waals surface area contributed by atoms with Gasteiger partial charge in [-0.05, 0) is 18.8 Å². The van der Waals surface area contributed by atoms with Crippen molar-refractivity contribution in [3.8, 4) is 0 Å². The van der Waals surface area contributed by atoms with Crippen molar-refractivity contribution in [2.24, 2.45) is 5.92 Å². The molecule has 0 aromatic carbocycles. The Balaban J connectivity index is 1.72. The first-order chi connectivity index (χ1) is 5.92. The van der Waals surface area contributed by atoms with Gasteiger partial charge in [0, 0.05) is 7.11 Å². The third kappa shape index (κ3) is 1.80. The van der Waals surface area contributed by atoms with Crippen LogP contribution < -0.4 is 0 Å². The molecule has 2 heteroatoms. The lowest BCUT2D eigenvalue weighted by atomic mass is 9.86. The van der Waals surface area contributed by atoms with E-state index < -0.39 is 0 Å². The summed E-state index contributed by atoms with van der Waals surface area (Å²) in [6.45, 7) is 0.793. The molecular formula is C10H18O2. The fourth-order valence-corrected chi connectivity index (χ4v) is 2.33. The summed E-state index contributed by atoms with van der Waals surface area (Å²) in [4.78, 5) is 0. The van der Waals surface area contributed by atoms with E-state index in [0.717, 1.165) is 12.5 Å². The zero-order valence-corrected chi connectivity index (χ0v) is 7.79. The Labute approximate surface area is 74.2 Å². The Morgan fingerprint density at radius 1 is 1.25 bits per heavy atom. The highest BCUT2D eigenvalue weighted by molar-refractivity contribution is 4.91. The van der Waals surface area contributed by atoms with Crippen molar-refractivity contribution in [1.82, 2.24) is 0 Å². The van der Waals surface area contributed by atoms with Gasteiger partial charge in [-0.1, -0.05) is 19.3 Å². The highest BCUT2D eigenvalue weighted by atomic mass is 16.6. The molecular weight excluding hydrogens is 152 g/mol. The predicted molar refractivity (Wildman–Crippen MR) is 47.1 cm³/mol. The van der Waals surface area contributed by atoms with Gasteiger partial charge in [0.1, 0.15) is 6.10 Å². The van der Waals surface area contributed by atoms with Crippen molar-refractivity contribution >= 4 is 0 Å². The van der Waals surface area contributed by atoms with Crippen LogP contribution in [0.3, 0.4) is 0 Å². The van der Waals surface area contributed by atoms with Crippen LogP contribution >= 0.6 is 0 Å². The van der Waals surface area contributed by atoms with Crippen LogP contribution in [-0.4, -0.2) is 25.9 Å². The number of hydrogen-bond donors (Lipinski definition) is 0. The molecule has 1 aliphatic heterocycles. The Morgan fingerprint density at radius 2 is 2.00 bits per heavy atom. The summed E-state index contributed by atoms with van der Waals surface area (Å²) in [6, 6.07) is 0. The molecule has 0 radical (unpaired) electrons. The molecule has 1 aliphatic carbocycles. The molecule has 2 rings (SSSR count). The van der Waals surface area contributed by atoms with E-state index in [1.807, 2.05) is 0 Å². The van der Waals surface area contributed by atoms with Gasteiger partial charge in [0.25, 0.3) is 0 Å². The van der Waals surface area contributed by atoms with Gasteiger partial charge >= 0.3 is 0 Å². The molecule has 1 saturated carbocycles. The Hall–Kier alpha value is -0.0800. The molecule has 0 aromatic heterocycles. The van der Waals surface area contributed by atoms with Gasteiger partial charge in [-0.2, -0.15) is 0 Å². The average molecular weight is 170 g/mol. The first-order valence-corrected chi connectivity index (χ1v) is 5.06. The van der Waals surface area contributed by atoms with Crippen LogP contribution in [0.25, 0.3) is 0 Å². The maximum atomic E-state index is 5.57. The summed E-state index contributed by atoms with van der Waals surface area (Å²) in [5.41, 5.74) is 0. The topological polar surface area (TPSA) is 21.8 Å². The van der Waals surface area contributed by atoms with Crippen LogP contribution in [0.1, 0.15) is 32.1 Å². The maximum absolute atomic E-state index is 5.57. The second kappa shape index (κ2) is 3.75. The first-order valence-electron chi connectivity index (χ1n) is 5.06. The molecule has 12 heavy (non-hydrogen) atoms. The molecule has 2 nitrogen and oxygen atoms in total. The lowest BCUT2D eigenvalue weighted by molar-refractivity contribution is 0.170. The molecule has 2 fully saturated rings. The summed E-state index contributed by atoms with van der Waals surface area (Å²) in [5, 5.41) is 0. The molecule has 0 N–H and O–H groups in total. The van der Waals surface area contributed by atoms with E-state index in [1.165, 1.54) is 32.1 Å². The average Bonchev–Trinajstić information content (AvgIpc) is 2.87. The van der Waals surface area contributed by atoms with Gasteiger partial charge in [0.2, 0.25) is 0 Å². The molecule has 2 aliphatic rings. The second-order valence-corrected chi connectivity index (χ2v) is 3.99. The SMILES string of the molecule is COCC1OC1C1CCCCC1. The molecule has 2 unspecified atom stereocenters. The summed E-state index contributed by atoms with van der Waals surface area (Å²) in [6.07, 6.45) is 7.98. The Kier molecular flexibility index (Phi) is 2.66. The zero-order valence-electron chi connectivity index (χ0n) is 7.79. The van der Waals surface area contributed by atoms with Gasteiger partial charge in [-0.3, -0.25) is 0 Å². The van der Waals surface area contributed by atoms with E-state index >= 15 is 0 Å². The lowest BCUT2D eigenvalue weighted by Gasteiger charge is -2.19. The first kappa shape index (κ1) is 8.52. The van der Waals surface area contributed by atoms with Crippen LogP contribution in [0.5, 0.6) is 0 Å². The third-order valence-electron chi connectivity index (χ3n) is 3.07. The van der Waals surface area contributed by atoms with E-state index in [9.17, 15) is 0 Å². The Morgan fingerprint density at radius 3 is 2.67 bits per heavy atom. The molecule has 0 spiro atoms. The molecule has 1 saturated heterocycles. The smallest absolute Gasteiger partial charge is 0.108 e. The monoisotopic (exact) mass is 170 g/mol. The van der Waals surface area contributed by atoms with Crippen molar-refractivity contribution in [2.75, 3.05) is 13.7 Å². The molecule has 1 heterocycles. The summed E-state index contributed by atoms with van der Waals surface area (Å²) in [7, 11) is 1.75. The molecule has 0 bridgehead atoms. The fourth-order valence-electron chi connectivity index (χ4n) is 2.33. The van der Waals surface area contributed by atoms with Crippen LogP contribution in [0.15, 0.2) is 0 Å². The van der Waals surface area contributed by atoms with Gasteiger partial charge in [-0.25, -0.2) is 0 Å². The van der Waals surface area contributed by atoms with E-state index in [0.29, 0.717) is 12.2 Å². The highest BCUT2D eigenvalue weighted by Crippen LogP contribution is 2.38. The van der Waals surface area contributed by atoms with Crippen molar-refractivity contribution in [1.29, 1.82) is 0 Å². The van der Waals surface area contributed by atoms with Crippen molar-refractivity contribution in [3.05, 3.63) is 0 Å². The quantitative estimate of drug-likeness (QED) is 0.604. The van der Waals surface area contributed by atoms with E-state index in [2.05, 4.69) is 0 Å². The van der Waals surface area contributed by atoms with Crippen molar-refractivity contribution in [2.45, 2.75) is 44.3 Å². The normalized spacial score (nSPS) is 36.8. The number of ether oxygens (including phenoxy) is 2. The van der Waals surface area contributed by atoms with Gasteiger partial charge in [0.15, 0.2) is 0 Å². The largest absolute Gasteiger partial charge is 0.382 e. The highest BCUT2D eigenvalue weighted by Gasteiger charge is 2.44. The van der Waals surface area contributed by atoms with Gasteiger partial charge in [0.05, 0.1) is 12.7 Å². The molecule has 0 amide bonds. The Bertz CT molecular complexity index is 141. The van der Waals surface area contributed by atoms with E-state index in [4.69, 9.17) is 9.47 Å². The van der Waals surface area contributed by atoms with Crippen molar-refractivity contribution < 1.29 is 9.47 Å². The molecule has 0 aromatic rings. The number of rotatable bonds is 3. The minimum atomic E-state index is 0.429. The minimum absolute atomic E-state index is 0.429. The number of methoxy groups -OCH3 is 1. The standard InChI is InChI=1S/C10H18O2/c1-11-7-9-10(12-9)8-5-3-2-4-6-8/h8-10H,2-7H2,1H3. The fraction of sp³-hybridized carbons (Fsp3) is 1.00. The zero-order chi connectivity index (χ0) is 8.39. The minimum Gasteiger partial charge on any atom is -0.382 e. The van der Waals surface area contributed by atoms with Gasteiger partial charge in [-0.15, -0.1) is 0 Å². The molecule has 70 valence electrons. The van der Waals surface area contributed by atoms with E-state index in [1.54, 1.807) is 7.11 Å². The van der Waals surface area contributed by atoms with Crippen LogP contribution in [0.2, 0.25) is 0 Å². The van der Waals surface area contributed by atoms with E-state index in [-0.39, 0.29) is 0 Å². The van der Waals surface area contributed by atoms with Crippen LogP contribution in [-0.2, 0) is 9.47 Å². The number of epoxide rings is 1. The maximum Gasteiger partial charge on any atom is 0.108 e. The third-order valence-corrected chi connectivity index (χ3v) is 3.07. The van der Waals surface area contributed by atoms with Crippen molar-refractivity contribution in [3.63, 3.8) is 0 Å².